The molecule has 48 heavy (non-hydrogen) atoms. The lowest BCUT2D eigenvalue weighted by atomic mass is 9.81. The number of halogens is 3. The van der Waals surface area contributed by atoms with E-state index in [4.69, 9.17) is 23.7 Å². The SMILES string of the molecule is COc1nc(OC)c(CN2CC3CN(C(=O)C4COCOC4)CCN3C(C(c3ccccc3)c3ccccc3)C2)c(OCC(F)(F)F)n1. The van der Waals surface area contributed by atoms with Crippen LogP contribution in [0.1, 0.15) is 22.6 Å². The lowest BCUT2D eigenvalue weighted by Gasteiger charge is -2.54. The molecular formula is C34H40F3N5O6. The summed E-state index contributed by atoms with van der Waals surface area (Å²) in [5, 5.41) is 0. The van der Waals surface area contributed by atoms with E-state index < -0.39 is 12.8 Å². The summed E-state index contributed by atoms with van der Waals surface area (Å²) in [5.41, 5.74) is 2.57. The molecule has 0 spiro atoms. The number of ether oxygens (including phenoxy) is 5. The molecule has 0 aliphatic carbocycles. The maximum Gasteiger partial charge on any atom is 0.422 e. The van der Waals surface area contributed by atoms with Crippen molar-refractivity contribution in [2.24, 2.45) is 5.92 Å². The second-order valence-corrected chi connectivity index (χ2v) is 12.2. The van der Waals surface area contributed by atoms with Gasteiger partial charge in [0, 0.05) is 57.3 Å². The molecule has 11 nitrogen and oxygen atoms in total. The third-order valence-electron chi connectivity index (χ3n) is 9.08. The van der Waals surface area contributed by atoms with Gasteiger partial charge >= 0.3 is 12.2 Å². The summed E-state index contributed by atoms with van der Waals surface area (Å²) in [6.45, 7) is 2.24. The number of carbonyl (C=O) groups is 1. The predicted octanol–water partition coefficient (Wildman–Crippen LogP) is 3.58. The van der Waals surface area contributed by atoms with Gasteiger partial charge in [0.2, 0.25) is 17.7 Å². The summed E-state index contributed by atoms with van der Waals surface area (Å²) < 4.78 is 66.6. The maximum absolute atomic E-state index is 13.6. The van der Waals surface area contributed by atoms with Crippen molar-refractivity contribution >= 4 is 5.91 Å². The molecule has 3 aliphatic heterocycles. The van der Waals surface area contributed by atoms with Gasteiger partial charge < -0.3 is 28.6 Å². The number of alkyl halides is 3. The van der Waals surface area contributed by atoms with E-state index in [0.717, 1.165) is 11.1 Å². The van der Waals surface area contributed by atoms with E-state index in [1.54, 1.807) is 0 Å². The molecule has 0 N–H and O–H groups in total. The van der Waals surface area contributed by atoms with Crippen LogP contribution in [-0.2, 0) is 20.8 Å². The number of hydrogen-bond acceptors (Lipinski definition) is 10. The highest BCUT2D eigenvalue weighted by atomic mass is 19.4. The first kappa shape index (κ1) is 33.9. The fourth-order valence-electron chi connectivity index (χ4n) is 7.00. The number of nitrogens with zero attached hydrogens (tertiary/aromatic N) is 5. The highest BCUT2D eigenvalue weighted by Crippen LogP contribution is 2.38. The molecule has 2 atom stereocenters. The van der Waals surface area contributed by atoms with E-state index in [-0.39, 0.29) is 66.5 Å². The first-order chi connectivity index (χ1) is 23.2. The van der Waals surface area contributed by atoms with E-state index in [2.05, 4.69) is 44.0 Å². The van der Waals surface area contributed by atoms with Crippen LogP contribution in [-0.4, -0.2) is 122 Å². The Kier molecular flexibility index (Phi) is 10.6. The second-order valence-electron chi connectivity index (χ2n) is 12.2. The lowest BCUT2D eigenvalue weighted by Crippen LogP contribution is -2.67. The molecule has 2 aromatic carbocycles. The quantitative estimate of drug-likeness (QED) is 0.318. The van der Waals surface area contributed by atoms with Gasteiger partial charge in [-0.15, -0.1) is 0 Å². The number of piperazine rings is 2. The van der Waals surface area contributed by atoms with Crippen molar-refractivity contribution in [2.45, 2.75) is 30.7 Å². The molecule has 0 bridgehead atoms. The van der Waals surface area contributed by atoms with Crippen LogP contribution in [0, 0.1) is 5.92 Å². The lowest BCUT2D eigenvalue weighted by molar-refractivity contribution is -0.164. The summed E-state index contributed by atoms with van der Waals surface area (Å²) in [7, 11) is 2.71. The molecule has 14 heteroatoms. The van der Waals surface area contributed by atoms with Gasteiger partial charge in [0.25, 0.3) is 0 Å². The van der Waals surface area contributed by atoms with Crippen LogP contribution in [0.15, 0.2) is 60.7 Å². The fraction of sp³-hybridized carbons (Fsp3) is 0.500. The number of hydrogen-bond donors (Lipinski definition) is 0. The minimum atomic E-state index is -4.58. The molecular weight excluding hydrogens is 631 g/mol. The molecule has 2 unspecified atom stereocenters. The molecule has 3 fully saturated rings. The van der Waals surface area contributed by atoms with Crippen molar-refractivity contribution in [3.8, 4) is 17.8 Å². The minimum absolute atomic E-state index is 0.00115. The van der Waals surface area contributed by atoms with Gasteiger partial charge in [-0.05, 0) is 11.1 Å². The summed E-state index contributed by atoms with van der Waals surface area (Å²) in [6.07, 6.45) is -4.58. The highest BCUT2D eigenvalue weighted by Gasteiger charge is 2.44. The summed E-state index contributed by atoms with van der Waals surface area (Å²) in [4.78, 5) is 28.5. The number of carbonyl (C=O) groups excluding carboxylic acids is 1. The van der Waals surface area contributed by atoms with Gasteiger partial charge in [-0.25, -0.2) is 0 Å². The van der Waals surface area contributed by atoms with Crippen LogP contribution in [0.25, 0.3) is 0 Å². The number of methoxy groups -OCH3 is 2. The monoisotopic (exact) mass is 671 g/mol. The molecule has 3 saturated heterocycles. The van der Waals surface area contributed by atoms with Crippen LogP contribution < -0.4 is 14.2 Å². The van der Waals surface area contributed by atoms with Crippen molar-refractivity contribution < 1.29 is 41.7 Å². The van der Waals surface area contributed by atoms with Crippen LogP contribution in [0.2, 0.25) is 0 Å². The molecule has 1 aromatic heterocycles. The zero-order valence-electron chi connectivity index (χ0n) is 27.0. The molecule has 0 radical (unpaired) electrons. The topological polar surface area (TPSA) is 98.7 Å². The van der Waals surface area contributed by atoms with Crippen molar-refractivity contribution in [1.82, 2.24) is 24.7 Å². The molecule has 0 saturated carbocycles. The number of amides is 1. The van der Waals surface area contributed by atoms with Gasteiger partial charge in [-0.3, -0.25) is 14.6 Å². The van der Waals surface area contributed by atoms with Gasteiger partial charge in [-0.1, -0.05) is 60.7 Å². The molecule has 4 heterocycles. The Bertz CT molecular complexity index is 1470. The Labute approximate surface area is 277 Å². The zero-order chi connectivity index (χ0) is 33.7. The summed E-state index contributed by atoms with van der Waals surface area (Å²) in [6, 6.07) is 20.3. The van der Waals surface area contributed by atoms with Gasteiger partial charge in [-0.2, -0.15) is 23.1 Å². The third-order valence-corrected chi connectivity index (χ3v) is 9.08. The van der Waals surface area contributed by atoms with Gasteiger partial charge in [0.1, 0.15) is 6.79 Å². The number of aromatic nitrogens is 2. The molecule has 3 aromatic rings. The number of fused-ring (bicyclic) bond motifs is 1. The van der Waals surface area contributed by atoms with Crippen LogP contribution >= 0.6 is 0 Å². The Morgan fingerprint density at radius 1 is 0.896 bits per heavy atom. The fourth-order valence-corrected chi connectivity index (χ4v) is 7.00. The van der Waals surface area contributed by atoms with Crippen molar-refractivity contribution in [1.29, 1.82) is 0 Å². The summed E-state index contributed by atoms with van der Waals surface area (Å²) in [5.74, 6) is -0.584. The standard InChI is InChI=1S/C34H40F3N5O6/c1-44-30-27(31(39-33(38-30)45-2)48-21-34(35,36)37)17-40-15-26-16-41(32(43)25-19-46-22-47-20-25)13-14-42(26)28(18-40)29(23-9-5-3-6-10-23)24-11-7-4-8-12-24/h3-12,25-26,28-29H,13-22H2,1-2H3. The van der Waals surface area contributed by atoms with Gasteiger partial charge in [0.05, 0.1) is 38.9 Å². The predicted molar refractivity (Wildman–Crippen MR) is 168 cm³/mol. The average molecular weight is 672 g/mol. The van der Waals surface area contributed by atoms with Crippen molar-refractivity contribution in [3.05, 3.63) is 77.4 Å². The van der Waals surface area contributed by atoms with Crippen LogP contribution in [0.5, 0.6) is 17.8 Å². The third kappa shape index (κ3) is 7.83. The Balaban J connectivity index is 1.36. The van der Waals surface area contributed by atoms with E-state index in [1.165, 1.54) is 14.2 Å². The summed E-state index contributed by atoms with van der Waals surface area (Å²) >= 11 is 0. The molecule has 3 aliphatic rings. The second kappa shape index (κ2) is 15.1. The molecule has 6 rings (SSSR count). The Morgan fingerprint density at radius 2 is 1.54 bits per heavy atom. The van der Waals surface area contributed by atoms with E-state index in [1.807, 2.05) is 41.3 Å². The maximum atomic E-state index is 13.6. The van der Waals surface area contributed by atoms with Crippen LogP contribution in [0.4, 0.5) is 13.2 Å². The van der Waals surface area contributed by atoms with E-state index in [9.17, 15) is 18.0 Å². The molecule has 258 valence electrons. The first-order valence-corrected chi connectivity index (χ1v) is 15.9. The first-order valence-electron chi connectivity index (χ1n) is 15.9. The Morgan fingerprint density at radius 3 is 2.15 bits per heavy atom. The Hall–Kier alpha value is -3.98. The molecule has 1 amide bonds. The van der Waals surface area contributed by atoms with Crippen LogP contribution in [0.3, 0.4) is 0 Å². The van der Waals surface area contributed by atoms with E-state index in [0.29, 0.717) is 45.9 Å². The minimum Gasteiger partial charge on any atom is -0.481 e. The average Bonchev–Trinajstić information content (AvgIpc) is 3.11. The van der Waals surface area contributed by atoms with E-state index >= 15 is 0 Å². The smallest absolute Gasteiger partial charge is 0.422 e. The zero-order valence-corrected chi connectivity index (χ0v) is 27.0. The van der Waals surface area contributed by atoms with Crippen molar-refractivity contribution in [2.75, 3.05) is 73.6 Å². The highest BCUT2D eigenvalue weighted by molar-refractivity contribution is 5.79. The largest absolute Gasteiger partial charge is 0.481 e. The normalized spacial score (nSPS) is 21.2. The van der Waals surface area contributed by atoms with Crippen molar-refractivity contribution in [3.63, 3.8) is 0 Å². The van der Waals surface area contributed by atoms with Gasteiger partial charge in [0.15, 0.2) is 6.61 Å². The number of benzene rings is 2. The number of rotatable bonds is 10.